The van der Waals surface area contributed by atoms with Crippen molar-refractivity contribution in [3.8, 4) is 0 Å². The Morgan fingerprint density at radius 2 is 1.42 bits per heavy atom. The van der Waals surface area contributed by atoms with E-state index in [-0.39, 0.29) is 8.41 Å². The minimum Gasteiger partial charge on any atom is -0.331 e. The first-order valence-electron chi connectivity index (χ1n) is 6.80. The normalized spacial score (nSPS) is 13.7. The molecule has 116 valence electrons. The Balaban J connectivity index is 4.84. The number of hydrogen-bond acceptors (Lipinski definition) is 6. The van der Waals surface area contributed by atoms with Crippen LogP contribution in [0.4, 0.5) is 0 Å². The Labute approximate surface area is 133 Å². The molecule has 0 saturated heterocycles. The van der Waals surface area contributed by atoms with Gasteiger partial charge in [-0.2, -0.15) is 0 Å². The predicted molar refractivity (Wildman–Crippen MR) is 96.5 cm³/mol. The van der Waals surface area contributed by atoms with E-state index < -0.39 is 7.95 Å². The maximum Gasteiger partial charge on any atom is 0.808 e. The van der Waals surface area contributed by atoms with Crippen molar-refractivity contribution >= 4 is 47.8 Å². The minimum atomic E-state index is -2.56. The van der Waals surface area contributed by atoms with Gasteiger partial charge in [0, 0.05) is 31.3 Å². The Morgan fingerprint density at radius 3 is 1.79 bits per heavy atom. The summed E-state index contributed by atoms with van der Waals surface area (Å²) in [6.45, 7) is 12.4. The molecule has 0 amide bonds. The van der Waals surface area contributed by atoms with Gasteiger partial charge in [-0.15, -0.1) is 0 Å². The fraction of sp³-hybridized carbons (Fsp3) is 1.00. The maximum atomic E-state index is 6.01. The van der Waals surface area contributed by atoms with Crippen molar-refractivity contribution < 1.29 is 13.3 Å². The fourth-order valence-electron chi connectivity index (χ4n) is 1.20. The smallest absolute Gasteiger partial charge is 0.331 e. The lowest BCUT2D eigenvalue weighted by Crippen LogP contribution is -2.51. The first-order chi connectivity index (χ1) is 9.20. The van der Waals surface area contributed by atoms with Gasteiger partial charge < -0.3 is 13.3 Å². The standard InChI is InChI=1S/C11H27O3S4Si/c1-6-11-15-17-18(16-10-5)19(12-7-2,13-8-3)14-9-4/h6-11H2,1-5H3/q+1. The molecule has 8 heteroatoms. The highest BCUT2D eigenvalue weighted by atomic mass is 33.8. The summed E-state index contributed by atoms with van der Waals surface area (Å²) in [7, 11) is 3.09. The zero-order valence-electron chi connectivity index (χ0n) is 12.6. The zero-order valence-corrected chi connectivity index (χ0v) is 16.9. The van der Waals surface area contributed by atoms with Gasteiger partial charge in [0.25, 0.3) is 0 Å². The Kier molecular flexibility index (Phi) is 14.2. The van der Waals surface area contributed by atoms with Crippen LogP contribution in [0.1, 0.15) is 41.0 Å². The molecule has 0 rings (SSSR count). The molecular weight excluding hydrogens is 336 g/mol. The van der Waals surface area contributed by atoms with Crippen molar-refractivity contribution in [2.45, 2.75) is 41.0 Å². The first-order valence-corrected chi connectivity index (χ1v) is 14.8. The molecule has 0 fully saturated rings. The van der Waals surface area contributed by atoms with Crippen LogP contribution in [0.15, 0.2) is 0 Å². The predicted octanol–water partition coefficient (Wildman–Crippen LogP) is 4.52. The van der Waals surface area contributed by atoms with E-state index in [1.165, 1.54) is 6.42 Å². The Morgan fingerprint density at radius 1 is 0.895 bits per heavy atom. The van der Waals surface area contributed by atoms with E-state index in [0.717, 1.165) is 11.5 Å². The maximum absolute atomic E-state index is 6.01. The second-order valence-electron chi connectivity index (χ2n) is 3.33. The Bertz CT molecular complexity index is 195. The molecule has 19 heavy (non-hydrogen) atoms. The van der Waals surface area contributed by atoms with E-state index in [2.05, 4.69) is 13.8 Å². The van der Waals surface area contributed by atoms with Gasteiger partial charge in [0.1, 0.15) is 0 Å². The molecule has 0 radical (unpaired) electrons. The van der Waals surface area contributed by atoms with Crippen LogP contribution in [-0.2, 0) is 21.7 Å². The van der Waals surface area contributed by atoms with E-state index in [0.29, 0.717) is 19.8 Å². The molecule has 0 aliphatic heterocycles. The summed E-state index contributed by atoms with van der Waals surface area (Å²) in [6, 6.07) is 0. The molecule has 0 heterocycles. The highest BCUT2D eigenvalue weighted by Crippen LogP contribution is 2.45. The first kappa shape index (κ1) is 20.5. The summed E-state index contributed by atoms with van der Waals surface area (Å²) < 4.78 is 18.0. The molecule has 1 unspecified atom stereocenters. The molecule has 0 aromatic carbocycles. The fourth-order valence-corrected chi connectivity index (χ4v) is 21.9. The van der Waals surface area contributed by atoms with Crippen molar-refractivity contribution in [3.63, 3.8) is 0 Å². The second kappa shape index (κ2) is 13.2. The largest absolute Gasteiger partial charge is 0.808 e. The molecule has 1 atom stereocenters. The number of rotatable bonds is 13. The quantitative estimate of drug-likeness (QED) is 0.207. The molecule has 0 spiro atoms. The summed E-state index contributed by atoms with van der Waals surface area (Å²) in [4.78, 5) is 0. The van der Waals surface area contributed by atoms with Gasteiger partial charge in [-0.3, -0.25) is 0 Å². The lowest BCUT2D eigenvalue weighted by molar-refractivity contribution is 0.0966. The molecule has 3 nitrogen and oxygen atoms in total. The van der Waals surface area contributed by atoms with Gasteiger partial charge >= 0.3 is 7.95 Å². The summed E-state index contributed by atoms with van der Waals surface area (Å²) in [5, 5.41) is 0. The minimum absolute atomic E-state index is 0.0535. The summed E-state index contributed by atoms with van der Waals surface area (Å²) in [5.74, 6) is 2.22. The average Bonchev–Trinajstić information content (AvgIpc) is 2.39. The lowest BCUT2D eigenvalue weighted by Gasteiger charge is -2.22. The molecular formula is C11H27O3S4Si+. The third-order valence-electron chi connectivity index (χ3n) is 1.79. The van der Waals surface area contributed by atoms with E-state index in [1.54, 1.807) is 0 Å². The van der Waals surface area contributed by atoms with Crippen LogP contribution in [0, 0.1) is 0 Å². The van der Waals surface area contributed by atoms with Crippen molar-refractivity contribution in [1.29, 1.82) is 0 Å². The van der Waals surface area contributed by atoms with Gasteiger partial charge in [-0.05, 0) is 38.0 Å². The van der Waals surface area contributed by atoms with E-state index >= 15 is 0 Å². The molecule has 0 aliphatic rings. The second-order valence-corrected chi connectivity index (χ2v) is 17.4. The van der Waals surface area contributed by atoms with Crippen LogP contribution in [-0.4, -0.2) is 39.3 Å². The van der Waals surface area contributed by atoms with Gasteiger partial charge in [-0.25, -0.2) is 0 Å². The van der Waals surface area contributed by atoms with Gasteiger partial charge in [0.05, 0.1) is 10.8 Å². The molecule has 0 aromatic rings. The van der Waals surface area contributed by atoms with Crippen molar-refractivity contribution in [3.05, 3.63) is 0 Å². The van der Waals surface area contributed by atoms with Crippen molar-refractivity contribution in [2.75, 3.05) is 31.3 Å². The highest BCUT2D eigenvalue weighted by molar-refractivity contribution is 9.29. The number of hydrogen-bond donors (Lipinski definition) is 0. The van der Waals surface area contributed by atoms with Crippen molar-refractivity contribution in [1.82, 2.24) is 0 Å². The third kappa shape index (κ3) is 7.89. The molecule has 0 saturated carbocycles. The van der Waals surface area contributed by atoms with Crippen LogP contribution in [0.2, 0.25) is 0 Å². The van der Waals surface area contributed by atoms with E-state index in [1.807, 2.05) is 52.2 Å². The van der Waals surface area contributed by atoms with Gasteiger partial charge in [-0.1, -0.05) is 13.8 Å². The summed E-state index contributed by atoms with van der Waals surface area (Å²) in [5.41, 5.74) is 0. The van der Waals surface area contributed by atoms with E-state index in [9.17, 15) is 0 Å². The summed E-state index contributed by atoms with van der Waals surface area (Å²) in [6.07, 6.45) is 1.19. The van der Waals surface area contributed by atoms with Crippen LogP contribution < -0.4 is 0 Å². The lowest BCUT2D eigenvalue weighted by atomic mass is 10.6. The summed E-state index contributed by atoms with van der Waals surface area (Å²) >= 11 is 0. The SMILES string of the molecule is CCCSS[S+](SCC)[Si](OCC)(OCC)OCC. The van der Waals surface area contributed by atoms with Crippen LogP contribution in [0.5, 0.6) is 0 Å². The van der Waals surface area contributed by atoms with Crippen LogP contribution in [0.3, 0.4) is 0 Å². The Hall–Kier alpha value is 1.50. The van der Waals surface area contributed by atoms with Crippen molar-refractivity contribution in [2.24, 2.45) is 0 Å². The van der Waals surface area contributed by atoms with Gasteiger partial charge in [0.2, 0.25) is 0 Å². The average molecular weight is 364 g/mol. The topological polar surface area (TPSA) is 27.7 Å². The zero-order chi connectivity index (χ0) is 14.6. The van der Waals surface area contributed by atoms with Crippen LogP contribution >= 0.6 is 31.4 Å². The molecule has 0 aromatic heterocycles. The molecule has 0 N–H and O–H groups in total. The third-order valence-corrected chi connectivity index (χ3v) is 21.1. The molecule has 0 bridgehead atoms. The molecule has 0 aliphatic carbocycles. The highest BCUT2D eigenvalue weighted by Gasteiger charge is 2.66. The monoisotopic (exact) mass is 363 g/mol. The van der Waals surface area contributed by atoms with Crippen LogP contribution in [0.25, 0.3) is 0 Å². The van der Waals surface area contributed by atoms with Gasteiger partial charge in [0.15, 0.2) is 18.2 Å². The van der Waals surface area contributed by atoms with E-state index in [4.69, 9.17) is 13.3 Å².